The first-order valence-electron chi connectivity index (χ1n) is 5.33. The lowest BCUT2D eigenvalue weighted by atomic mass is 10.4. The van der Waals surface area contributed by atoms with E-state index in [-0.39, 0.29) is 5.91 Å². The van der Waals surface area contributed by atoms with E-state index >= 15 is 0 Å². The van der Waals surface area contributed by atoms with Crippen LogP contribution >= 0.6 is 23.4 Å². The molecule has 0 aliphatic heterocycles. The smallest absolute Gasteiger partial charge is 0.234 e. The van der Waals surface area contributed by atoms with Crippen LogP contribution in [0.2, 0.25) is 5.02 Å². The van der Waals surface area contributed by atoms with Crippen molar-refractivity contribution in [3.05, 3.63) is 53.8 Å². The summed E-state index contributed by atoms with van der Waals surface area (Å²) < 4.78 is 0. The van der Waals surface area contributed by atoms with Crippen molar-refractivity contribution in [2.45, 2.75) is 4.90 Å². The van der Waals surface area contributed by atoms with Gasteiger partial charge in [-0.25, -0.2) is 0 Å². The van der Waals surface area contributed by atoms with Gasteiger partial charge in [0.05, 0.1) is 22.7 Å². The van der Waals surface area contributed by atoms with Crippen molar-refractivity contribution in [1.82, 2.24) is 4.98 Å². The molecule has 2 aromatic rings. The molecule has 0 aliphatic rings. The van der Waals surface area contributed by atoms with Crippen molar-refractivity contribution in [2.24, 2.45) is 0 Å². The first kappa shape index (κ1) is 12.9. The summed E-state index contributed by atoms with van der Waals surface area (Å²) >= 11 is 7.40. The summed E-state index contributed by atoms with van der Waals surface area (Å²) in [6.07, 6.45) is 3.12. The first-order chi connectivity index (χ1) is 8.75. The molecule has 0 saturated carbocycles. The van der Waals surface area contributed by atoms with E-state index in [9.17, 15) is 4.79 Å². The molecule has 0 bridgehead atoms. The van der Waals surface area contributed by atoms with Crippen molar-refractivity contribution in [3.63, 3.8) is 0 Å². The fraction of sp³-hybridized carbons (Fsp3) is 0.0769. The van der Waals surface area contributed by atoms with Gasteiger partial charge in [0.2, 0.25) is 5.91 Å². The van der Waals surface area contributed by atoms with E-state index in [0.29, 0.717) is 16.5 Å². The van der Waals surface area contributed by atoms with E-state index in [2.05, 4.69) is 10.3 Å². The first-order valence-corrected chi connectivity index (χ1v) is 6.69. The Kier molecular flexibility index (Phi) is 4.61. The van der Waals surface area contributed by atoms with Crippen LogP contribution in [0, 0.1) is 0 Å². The number of amides is 1. The zero-order valence-electron chi connectivity index (χ0n) is 9.47. The molecule has 0 unspecified atom stereocenters. The van der Waals surface area contributed by atoms with Crippen LogP contribution in [0.1, 0.15) is 0 Å². The van der Waals surface area contributed by atoms with Crippen LogP contribution < -0.4 is 5.32 Å². The van der Waals surface area contributed by atoms with Crippen LogP contribution in [0.25, 0.3) is 0 Å². The number of nitrogens with one attached hydrogen (secondary N) is 1. The Labute approximate surface area is 115 Å². The molecule has 0 atom stereocenters. The second kappa shape index (κ2) is 6.42. The Balaban J connectivity index is 1.88. The molecule has 1 heterocycles. The number of nitrogens with zero attached hydrogens (tertiary/aromatic N) is 1. The third-order valence-corrected chi connectivity index (χ3v) is 3.50. The van der Waals surface area contributed by atoms with Crippen LogP contribution in [-0.2, 0) is 4.79 Å². The quantitative estimate of drug-likeness (QED) is 0.871. The normalized spacial score (nSPS) is 10.1. The number of rotatable bonds is 4. The van der Waals surface area contributed by atoms with Crippen LogP contribution in [-0.4, -0.2) is 16.6 Å². The fourth-order valence-electron chi connectivity index (χ4n) is 1.32. The molecule has 1 N–H and O–H groups in total. The molecule has 92 valence electrons. The molecule has 0 spiro atoms. The number of aromatic nitrogens is 1. The fourth-order valence-corrected chi connectivity index (χ4v) is 2.19. The lowest BCUT2D eigenvalue weighted by Gasteiger charge is -2.06. The van der Waals surface area contributed by atoms with Crippen LogP contribution in [0.3, 0.4) is 0 Å². The standard InChI is InChI=1S/C13H11ClN2OS/c14-11-6-7-15-8-12(11)16-13(17)9-18-10-4-2-1-3-5-10/h1-8H,9H2,(H,16,17). The third kappa shape index (κ3) is 3.75. The van der Waals surface area contributed by atoms with E-state index in [4.69, 9.17) is 11.6 Å². The molecule has 1 aromatic heterocycles. The van der Waals surface area contributed by atoms with Gasteiger partial charge in [0.25, 0.3) is 0 Å². The predicted molar refractivity (Wildman–Crippen MR) is 75.0 cm³/mol. The summed E-state index contributed by atoms with van der Waals surface area (Å²) in [6, 6.07) is 11.4. The second-order valence-electron chi connectivity index (χ2n) is 3.51. The Hall–Kier alpha value is -1.52. The molecule has 0 saturated heterocycles. The highest BCUT2D eigenvalue weighted by molar-refractivity contribution is 8.00. The highest BCUT2D eigenvalue weighted by atomic mass is 35.5. The van der Waals surface area contributed by atoms with Gasteiger partial charge in [-0.15, -0.1) is 11.8 Å². The molecule has 1 amide bonds. The topological polar surface area (TPSA) is 42.0 Å². The Morgan fingerprint density at radius 3 is 2.78 bits per heavy atom. The van der Waals surface area contributed by atoms with Gasteiger partial charge in [0, 0.05) is 11.1 Å². The van der Waals surface area contributed by atoms with E-state index in [1.807, 2.05) is 30.3 Å². The lowest BCUT2D eigenvalue weighted by molar-refractivity contribution is -0.113. The van der Waals surface area contributed by atoms with Gasteiger partial charge in [-0.05, 0) is 18.2 Å². The number of pyridine rings is 1. The minimum atomic E-state index is -0.0984. The van der Waals surface area contributed by atoms with Gasteiger partial charge >= 0.3 is 0 Å². The Morgan fingerprint density at radius 1 is 1.28 bits per heavy atom. The van der Waals surface area contributed by atoms with Crippen molar-refractivity contribution in [3.8, 4) is 0 Å². The highest BCUT2D eigenvalue weighted by Crippen LogP contribution is 2.21. The van der Waals surface area contributed by atoms with Crippen molar-refractivity contribution < 1.29 is 4.79 Å². The minimum absolute atomic E-state index is 0.0984. The van der Waals surface area contributed by atoms with Gasteiger partial charge < -0.3 is 5.32 Å². The minimum Gasteiger partial charge on any atom is -0.323 e. The number of hydrogen-bond acceptors (Lipinski definition) is 3. The molecular formula is C13H11ClN2OS. The van der Waals surface area contributed by atoms with E-state index < -0.39 is 0 Å². The number of carbonyl (C=O) groups excluding carboxylic acids is 1. The molecular weight excluding hydrogens is 268 g/mol. The number of hydrogen-bond donors (Lipinski definition) is 1. The molecule has 3 nitrogen and oxygen atoms in total. The molecule has 2 rings (SSSR count). The average molecular weight is 279 g/mol. The van der Waals surface area contributed by atoms with E-state index in [1.165, 1.54) is 18.0 Å². The summed E-state index contributed by atoms with van der Waals surface area (Å²) in [7, 11) is 0. The maximum Gasteiger partial charge on any atom is 0.234 e. The van der Waals surface area contributed by atoms with Gasteiger partial charge in [-0.3, -0.25) is 9.78 Å². The van der Waals surface area contributed by atoms with Crippen molar-refractivity contribution in [2.75, 3.05) is 11.1 Å². The van der Waals surface area contributed by atoms with E-state index in [1.54, 1.807) is 12.3 Å². The van der Waals surface area contributed by atoms with Gasteiger partial charge in [-0.2, -0.15) is 0 Å². The second-order valence-corrected chi connectivity index (χ2v) is 4.96. The predicted octanol–water partition coefficient (Wildman–Crippen LogP) is 3.47. The molecule has 0 aliphatic carbocycles. The Morgan fingerprint density at radius 2 is 2.06 bits per heavy atom. The zero-order chi connectivity index (χ0) is 12.8. The summed E-state index contributed by atoms with van der Waals surface area (Å²) in [4.78, 5) is 16.7. The maximum absolute atomic E-state index is 11.7. The summed E-state index contributed by atoms with van der Waals surface area (Å²) in [5.74, 6) is 0.244. The average Bonchev–Trinajstić information content (AvgIpc) is 2.40. The summed E-state index contributed by atoms with van der Waals surface area (Å²) in [5.41, 5.74) is 0.540. The number of thioether (sulfide) groups is 1. The van der Waals surface area contributed by atoms with Crippen molar-refractivity contribution >= 4 is 35.0 Å². The molecule has 0 radical (unpaired) electrons. The molecule has 0 fully saturated rings. The number of anilines is 1. The van der Waals surface area contributed by atoms with E-state index in [0.717, 1.165) is 4.90 Å². The summed E-state index contributed by atoms with van der Waals surface area (Å²) in [5, 5.41) is 3.22. The monoisotopic (exact) mass is 278 g/mol. The number of carbonyl (C=O) groups is 1. The van der Waals surface area contributed by atoms with Gasteiger partial charge in [0.15, 0.2) is 0 Å². The van der Waals surface area contributed by atoms with Crippen LogP contribution in [0.15, 0.2) is 53.7 Å². The molecule has 18 heavy (non-hydrogen) atoms. The van der Waals surface area contributed by atoms with Crippen molar-refractivity contribution in [1.29, 1.82) is 0 Å². The van der Waals surface area contributed by atoms with Crippen LogP contribution in [0.5, 0.6) is 0 Å². The highest BCUT2D eigenvalue weighted by Gasteiger charge is 2.06. The number of benzene rings is 1. The Bertz CT molecular complexity index is 534. The third-order valence-electron chi connectivity index (χ3n) is 2.16. The zero-order valence-corrected chi connectivity index (χ0v) is 11.0. The molecule has 5 heteroatoms. The molecule has 1 aromatic carbocycles. The van der Waals surface area contributed by atoms with Gasteiger partial charge in [0.1, 0.15) is 0 Å². The van der Waals surface area contributed by atoms with Gasteiger partial charge in [-0.1, -0.05) is 29.8 Å². The van der Waals surface area contributed by atoms with Crippen LogP contribution in [0.4, 0.5) is 5.69 Å². The number of halogens is 1. The lowest BCUT2D eigenvalue weighted by Crippen LogP contribution is -2.14. The maximum atomic E-state index is 11.7. The summed E-state index contributed by atoms with van der Waals surface area (Å²) in [6.45, 7) is 0. The SMILES string of the molecule is O=C(CSc1ccccc1)Nc1cnccc1Cl. The largest absolute Gasteiger partial charge is 0.323 e.